The molecule has 5 aliphatic rings. The van der Waals surface area contributed by atoms with E-state index in [1.165, 1.54) is 25.7 Å². The quantitative estimate of drug-likeness (QED) is 0.136. The SMILES string of the molecule is [C-]#[N+]CCO[C@@H]1CC[C@@]2(C)C(C1)C[C@@H](OCCC#N)C1[C@@H]3CC[C@H]([C@@]4(C)CCC4N(C)Br)[C@@]3(C)[C@@H](OCC[N+]#[C-])C[C@@H]12. The number of rotatable bonds is 11. The number of hydrogen-bond acceptors (Lipinski definition) is 5. The number of nitrogens with zero attached hydrogens (tertiary/aromatic N) is 4. The Labute approximate surface area is 263 Å². The van der Waals surface area contributed by atoms with Gasteiger partial charge in [0.2, 0.25) is 13.1 Å². The molecular weight excluding hydrogens is 592 g/mol. The summed E-state index contributed by atoms with van der Waals surface area (Å²) in [6, 6.07) is 2.83. The molecule has 7 nitrogen and oxygen atoms in total. The van der Waals surface area contributed by atoms with E-state index in [9.17, 15) is 5.26 Å². The van der Waals surface area contributed by atoms with Crippen molar-refractivity contribution in [3.8, 4) is 6.07 Å². The first-order chi connectivity index (χ1) is 20.1. The number of halogens is 1. The van der Waals surface area contributed by atoms with E-state index in [-0.39, 0.29) is 34.6 Å². The molecule has 232 valence electrons. The van der Waals surface area contributed by atoms with Gasteiger partial charge in [0.25, 0.3) is 0 Å². The van der Waals surface area contributed by atoms with Gasteiger partial charge < -0.3 is 23.9 Å². The van der Waals surface area contributed by atoms with Crippen LogP contribution in [0.2, 0.25) is 0 Å². The Kier molecular flexibility index (Phi) is 9.99. The van der Waals surface area contributed by atoms with Crippen molar-refractivity contribution < 1.29 is 14.2 Å². The van der Waals surface area contributed by atoms with Crippen LogP contribution in [0.1, 0.15) is 85.0 Å². The van der Waals surface area contributed by atoms with Crippen molar-refractivity contribution in [1.82, 2.24) is 3.93 Å². The topological polar surface area (TPSA) is 63.4 Å². The second kappa shape index (κ2) is 13.0. The zero-order chi connectivity index (χ0) is 30.1. The molecule has 5 aliphatic carbocycles. The van der Waals surface area contributed by atoms with E-state index in [4.69, 9.17) is 27.4 Å². The number of nitriles is 1. The standard InChI is InChI=1S/C34H51BrN4O3/c1-32-12-10-24(40-18-15-37-4)20-23(32)21-27(41-17-7-14-36)31-25-8-9-28(33(2)13-11-29(33)39(6)35)34(25,3)30(22-26(31)32)42-19-16-38-5/h23-31H,7-13,15-22H2,1-3,6H3/t23?,24-,25+,26+,27-,28-,29?,30+,31?,32+,33-,34+/m1/s1. The first kappa shape index (κ1) is 32.2. The Morgan fingerprint density at radius 1 is 0.881 bits per heavy atom. The molecule has 0 heterocycles. The van der Waals surface area contributed by atoms with Crippen molar-refractivity contribution in [3.05, 3.63) is 22.8 Å². The van der Waals surface area contributed by atoms with Crippen LogP contribution in [0.4, 0.5) is 0 Å². The summed E-state index contributed by atoms with van der Waals surface area (Å²) in [4.78, 5) is 7.13. The Bertz CT molecular complexity index is 1080. The predicted octanol–water partition coefficient (Wildman–Crippen LogP) is 7.18. The fraction of sp³-hybridized carbons (Fsp3) is 0.912. The molecule has 5 saturated carbocycles. The molecule has 0 amide bonds. The first-order valence-electron chi connectivity index (χ1n) is 16.4. The van der Waals surface area contributed by atoms with Gasteiger partial charge in [0.15, 0.2) is 0 Å². The molecule has 0 aromatic heterocycles. The zero-order valence-electron chi connectivity index (χ0n) is 26.2. The smallest absolute Gasteiger partial charge is 0.237 e. The minimum Gasteiger partial charge on any atom is -0.377 e. The third kappa shape index (κ3) is 5.45. The summed E-state index contributed by atoms with van der Waals surface area (Å²) in [5.74, 6) is 2.52. The largest absolute Gasteiger partial charge is 0.377 e. The highest BCUT2D eigenvalue weighted by Gasteiger charge is 2.69. The van der Waals surface area contributed by atoms with Crippen molar-refractivity contribution >= 4 is 16.1 Å². The van der Waals surface area contributed by atoms with Crippen LogP contribution in [0.5, 0.6) is 0 Å². The van der Waals surface area contributed by atoms with Gasteiger partial charge in [0.05, 0.1) is 37.4 Å². The molecule has 0 spiro atoms. The molecule has 5 fully saturated rings. The highest BCUT2D eigenvalue weighted by molar-refractivity contribution is 9.07. The van der Waals surface area contributed by atoms with Gasteiger partial charge in [0.1, 0.15) is 13.2 Å². The summed E-state index contributed by atoms with van der Waals surface area (Å²) in [6.45, 7) is 24.6. The third-order valence-electron chi connectivity index (χ3n) is 13.3. The van der Waals surface area contributed by atoms with Gasteiger partial charge in [-0.15, -0.1) is 0 Å². The van der Waals surface area contributed by atoms with E-state index in [1.807, 2.05) is 0 Å². The highest BCUT2D eigenvalue weighted by atomic mass is 79.9. The van der Waals surface area contributed by atoms with Crippen LogP contribution in [-0.2, 0) is 14.2 Å². The van der Waals surface area contributed by atoms with Gasteiger partial charge in [-0.05, 0) is 105 Å². The van der Waals surface area contributed by atoms with E-state index < -0.39 is 0 Å². The van der Waals surface area contributed by atoms with Crippen molar-refractivity contribution in [2.45, 2.75) is 109 Å². The van der Waals surface area contributed by atoms with Crippen molar-refractivity contribution in [3.63, 3.8) is 0 Å². The maximum atomic E-state index is 9.34. The summed E-state index contributed by atoms with van der Waals surface area (Å²) in [7, 11) is 2.17. The van der Waals surface area contributed by atoms with Gasteiger partial charge in [-0.25, -0.2) is 17.1 Å². The van der Waals surface area contributed by atoms with Crippen molar-refractivity contribution in [1.29, 1.82) is 5.26 Å². The normalized spacial score (nSPS) is 45.9. The van der Waals surface area contributed by atoms with Crippen LogP contribution in [-0.4, -0.2) is 68.2 Å². The summed E-state index contributed by atoms with van der Waals surface area (Å²) in [5, 5.41) is 9.34. The summed E-state index contributed by atoms with van der Waals surface area (Å²) >= 11 is 3.81. The molecule has 8 heteroatoms. The average molecular weight is 644 g/mol. The molecule has 0 aromatic rings. The number of hydrogen-bond donors (Lipinski definition) is 0. The molecule has 0 N–H and O–H groups in total. The first-order valence-corrected chi connectivity index (χ1v) is 17.1. The fourth-order valence-electron chi connectivity index (χ4n) is 11.2. The van der Waals surface area contributed by atoms with Gasteiger partial charge in [0, 0.05) is 27.6 Å². The van der Waals surface area contributed by atoms with Crippen LogP contribution in [0.15, 0.2) is 0 Å². The molecule has 0 aromatic carbocycles. The lowest BCUT2D eigenvalue weighted by atomic mass is 9.41. The van der Waals surface area contributed by atoms with Gasteiger partial charge >= 0.3 is 0 Å². The average Bonchev–Trinajstić information content (AvgIpc) is 3.31. The zero-order valence-corrected chi connectivity index (χ0v) is 27.8. The van der Waals surface area contributed by atoms with Crippen LogP contribution >= 0.6 is 16.1 Å². The van der Waals surface area contributed by atoms with E-state index in [2.05, 4.69) is 63.7 Å². The fourth-order valence-corrected chi connectivity index (χ4v) is 11.9. The van der Waals surface area contributed by atoms with Crippen LogP contribution in [0.3, 0.4) is 0 Å². The molecular formula is C34H51BrN4O3. The minimum absolute atomic E-state index is 0.0275. The van der Waals surface area contributed by atoms with Gasteiger partial charge in [-0.1, -0.05) is 20.8 Å². The second-order valence-corrected chi connectivity index (χ2v) is 15.9. The molecule has 0 bridgehead atoms. The van der Waals surface area contributed by atoms with Crippen molar-refractivity contribution in [2.75, 3.05) is 40.0 Å². The lowest BCUT2D eigenvalue weighted by molar-refractivity contribution is -0.235. The predicted molar refractivity (Wildman–Crippen MR) is 166 cm³/mol. The Hall–Kier alpha value is -1.21. The minimum atomic E-state index is 0.0275. The van der Waals surface area contributed by atoms with Crippen LogP contribution in [0, 0.1) is 70.3 Å². The van der Waals surface area contributed by atoms with E-state index in [0.717, 1.165) is 32.1 Å². The van der Waals surface area contributed by atoms with Crippen LogP contribution < -0.4 is 0 Å². The second-order valence-electron chi connectivity index (χ2n) is 14.8. The summed E-state index contributed by atoms with van der Waals surface area (Å²) < 4.78 is 22.0. The lowest BCUT2D eigenvalue weighted by Gasteiger charge is -2.66. The maximum Gasteiger partial charge on any atom is 0.237 e. The Balaban J connectivity index is 1.49. The van der Waals surface area contributed by atoms with Gasteiger partial charge in [-0.3, -0.25) is 0 Å². The molecule has 0 aliphatic heterocycles. The molecule has 5 rings (SSSR count). The molecule has 12 atom stereocenters. The Morgan fingerprint density at radius 3 is 2.24 bits per heavy atom. The molecule has 0 radical (unpaired) electrons. The summed E-state index contributed by atoms with van der Waals surface area (Å²) in [5.41, 5.74) is 0.452. The van der Waals surface area contributed by atoms with Crippen LogP contribution in [0.25, 0.3) is 9.69 Å². The van der Waals surface area contributed by atoms with E-state index in [1.54, 1.807) is 0 Å². The maximum absolute atomic E-state index is 9.34. The summed E-state index contributed by atoms with van der Waals surface area (Å²) in [6.07, 6.45) is 11.1. The monoisotopic (exact) mass is 642 g/mol. The molecule has 3 unspecified atom stereocenters. The Morgan fingerprint density at radius 2 is 1.60 bits per heavy atom. The lowest BCUT2D eigenvalue weighted by Crippen LogP contribution is -2.65. The third-order valence-corrected chi connectivity index (χ3v) is 13.7. The highest BCUT2D eigenvalue weighted by Crippen LogP contribution is 2.72. The van der Waals surface area contributed by atoms with Crippen molar-refractivity contribution in [2.24, 2.45) is 45.8 Å². The van der Waals surface area contributed by atoms with E-state index >= 15 is 0 Å². The number of fused-ring (bicyclic) bond motifs is 5. The van der Waals surface area contributed by atoms with E-state index in [0.29, 0.717) is 75.0 Å². The molecule has 0 saturated heterocycles. The molecule has 42 heavy (non-hydrogen) atoms. The van der Waals surface area contributed by atoms with Gasteiger partial charge in [-0.2, -0.15) is 5.26 Å². The number of ether oxygens (including phenoxy) is 3.